The lowest BCUT2D eigenvalue weighted by Crippen LogP contribution is -3.00. The number of aryl methyl sites for hydroxylation is 1. The number of aromatic nitrogens is 5. The highest BCUT2D eigenvalue weighted by molar-refractivity contribution is 5.30. The van der Waals surface area contributed by atoms with Crippen molar-refractivity contribution >= 4 is 0 Å². The van der Waals surface area contributed by atoms with Crippen molar-refractivity contribution in [2.45, 2.75) is 26.3 Å². The van der Waals surface area contributed by atoms with Gasteiger partial charge in [0.1, 0.15) is 12.4 Å². The van der Waals surface area contributed by atoms with Gasteiger partial charge in [-0.05, 0) is 18.6 Å². The third-order valence-electron chi connectivity index (χ3n) is 3.18. The van der Waals surface area contributed by atoms with Crippen LogP contribution in [-0.2, 0) is 6.54 Å². The topological polar surface area (TPSA) is 39.5 Å². The standard InChI is InChI=1S/C15H18N5.HI/c1-2-3-9-18-11-12-19(13-18)14-6-4-7-15(17-14)20-10-5-8-16-20;/h4-8,10-13H,2-3,9H2,1H3;1H/q+1;/p-1. The fourth-order valence-corrected chi connectivity index (χ4v) is 2.09. The van der Waals surface area contributed by atoms with E-state index >= 15 is 0 Å². The smallest absolute Gasteiger partial charge is 0.250 e. The van der Waals surface area contributed by atoms with Crippen LogP contribution in [0.5, 0.6) is 0 Å². The molecule has 21 heavy (non-hydrogen) atoms. The van der Waals surface area contributed by atoms with Crippen molar-refractivity contribution in [3.63, 3.8) is 0 Å². The number of pyridine rings is 1. The molecule has 3 aromatic rings. The maximum Gasteiger partial charge on any atom is 0.250 e. The molecule has 0 radical (unpaired) electrons. The third-order valence-corrected chi connectivity index (χ3v) is 3.18. The Hall–Kier alpha value is -1.70. The zero-order valence-corrected chi connectivity index (χ0v) is 14.1. The van der Waals surface area contributed by atoms with Crippen LogP contribution in [0.4, 0.5) is 0 Å². The number of imidazole rings is 1. The van der Waals surface area contributed by atoms with E-state index < -0.39 is 0 Å². The number of rotatable bonds is 5. The predicted octanol–water partition coefficient (Wildman–Crippen LogP) is -0.850. The Balaban J connectivity index is 0.00000161. The van der Waals surface area contributed by atoms with E-state index in [9.17, 15) is 0 Å². The van der Waals surface area contributed by atoms with Gasteiger partial charge in [-0.3, -0.25) is 0 Å². The van der Waals surface area contributed by atoms with Gasteiger partial charge in [0.2, 0.25) is 12.1 Å². The lowest BCUT2D eigenvalue weighted by Gasteiger charge is -2.01. The summed E-state index contributed by atoms with van der Waals surface area (Å²) in [4.78, 5) is 4.63. The van der Waals surface area contributed by atoms with Crippen LogP contribution in [0, 0.1) is 0 Å². The second-order valence-corrected chi connectivity index (χ2v) is 4.72. The van der Waals surface area contributed by atoms with Crippen molar-refractivity contribution in [3.8, 4) is 11.6 Å². The fourth-order valence-electron chi connectivity index (χ4n) is 2.09. The van der Waals surface area contributed by atoms with Crippen molar-refractivity contribution in [1.29, 1.82) is 0 Å². The molecule has 0 aliphatic carbocycles. The predicted molar refractivity (Wildman–Crippen MR) is 75.8 cm³/mol. The van der Waals surface area contributed by atoms with E-state index in [4.69, 9.17) is 0 Å². The minimum Gasteiger partial charge on any atom is -1.00 e. The van der Waals surface area contributed by atoms with Crippen LogP contribution < -0.4 is 28.5 Å². The van der Waals surface area contributed by atoms with E-state index in [2.05, 4.69) is 34.1 Å². The fraction of sp³-hybridized carbons (Fsp3) is 0.267. The number of hydrogen-bond donors (Lipinski definition) is 0. The summed E-state index contributed by atoms with van der Waals surface area (Å²) in [6.45, 7) is 3.25. The van der Waals surface area contributed by atoms with Crippen LogP contribution in [0.2, 0.25) is 0 Å². The first-order chi connectivity index (χ1) is 9.86. The van der Waals surface area contributed by atoms with Crippen LogP contribution >= 0.6 is 0 Å². The van der Waals surface area contributed by atoms with Crippen molar-refractivity contribution in [1.82, 2.24) is 19.3 Å². The van der Waals surface area contributed by atoms with Gasteiger partial charge in [0.25, 0.3) is 0 Å². The molecule has 0 fully saturated rings. The quantitative estimate of drug-likeness (QED) is 0.417. The summed E-state index contributed by atoms with van der Waals surface area (Å²) in [6.07, 6.45) is 12.2. The van der Waals surface area contributed by atoms with E-state index in [1.807, 2.05) is 41.2 Å². The normalized spacial score (nSPS) is 10.3. The maximum atomic E-state index is 4.63. The SMILES string of the molecule is CCCC[n+]1ccn(-c2cccc(-n3cccn3)n2)c1.[I-]. The van der Waals surface area contributed by atoms with Crippen LogP contribution in [0.1, 0.15) is 19.8 Å². The number of unbranched alkanes of at least 4 members (excludes halogenated alkanes) is 1. The molecule has 0 aromatic carbocycles. The second-order valence-electron chi connectivity index (χ2n) is 4.72. The van der Waals surface area contributed by atoms with Crippen molar-refractivity contribution in [2.24, 2.45) is 0 Å². The van der Waals surface area contributed by atoms with Crippen molar-refractivity contribution < 1.29 is 28.5 Å². The molecule has 0 spiro atoms. The molecule has 0 aliphatic heterocycles. The molecule has 110 valence electrons. The average Bonchev–Trinajstić information content (AvgIpc) is 3.17. The Morgan fingerprint density at radius 1 is 1.14 bits per heavy atom. The Morgan fingerprint density at radius 3 is 2.76 bits per heavy atom. The monoisotopic (exact) mass is 395 g/mol. The first-order valence-electron chi connectivity index (χ1n) is 6.91. The Bertz CT molecular complexity index is 675. The van der Waals surface area contributed by atoms with Crippen molar-refractivity contribution in [2.75, 3.05) is 0 Å². The molecule has 0 unspecified atom stereocenters. The molecule has 3 rings (SSSR count). The molecule has 3 heterocycles. The molecule has 0 aliphatic rings. The van der Waals surface area contributed by atoms with Gasteiger partial charge in [-0.1, -0.05) is 19.4 Å². The summed E-state index contributed by atoms with van der Waals surface area (Å²) >= 11 is 0. The maximum absolute atomic E-state index is 4.63. The highest BCUT2D eigenvalue weighted by Gasteiger charge is 2.09. The number of nitrogens with zero attached hydrogens (tertiary/aromatic N) is 5. The van der Waals surface area contributed by atoms with Crippen LogP contribution in [-0.4, -0.2) is 19.3 Å². The highest BCUT2D eigenvalue weighted by Crippen LogP contribution is 2.08. The van der Waals surface area contributed by atoms with Gasteiger partial charge in [0.05, 0.1) is 6.54 Å². The molecule has 6 heteroatoms. The molecule has 0 atom stereocenters. The van der Waals surface area contributed by atoms with Gasteiger partial charge in [0.15, 0.2) is 5.82 Å². The van der Waals surface area contributed by atoms with E-state index in [-0.39, 0.29) is 24.0 Å². The Labute approximate surface area is 141 Å². The molecule has 0 N–H and O–H groups in total. The van der Waals surface area contributed by atoms with Gasteiger partial charge < -0.3 is 24.0 Å². The highest BCUT2D eigenvalue weighted by atomic mass is 127. The first kappa shape index (κ1) is 15.7. The number of hydrogen-bond acceptors (Lipinski definition) is 2. The minimum absolute atomic E-state index is 0. The molecule has 0 amide bonds. The summed E-state index contributed by atoms with van der Waals surface area (Å²) in [5.74, 6) is 1.72. The summed E-state index contributed by atoms with van der Waals surface area (Å²) in [5, 5.41) is 4.21. The lowest BCUT2D eigenvalue weighted by atomic mass is 10.3. The largest absolute Gasteiger partial charge is 1.00 e. The van der Waals surface area contributed by atoms with Gasteiger partial charge in [-0.15, -0.1) is 0 Å². The van der Waals surface area contributed by atoms with E-state index in [1.165, 1.54) is 12.8 Å². The molecule has 0 bridgehead atoms. The molecular formula is C15H18IN5. The zero-order valence-electron chi connectivity index (χ0n) is 11.9. The van der Waals surface area contributed by atoms with Crippen LogP contribution in [0.25, 0.3) is 11.6 Å². The van der Waals surface area contributed by atoms with Crippen molar-refractivity contribution in [3.05, 3.63) is 55.4 Å². The van der Waals surface area contributed by atoms with E-state index in [1.54, 1.807) is 10.9 Å². The minimum atomic E-state index is 0. The van der Waals surface area contributed by atoms with Crippen LogP contribution in [0.15, 0.2) is 55.4 Å². The average molecular weight is 395 g/mol. The van der Waals surface area contributed by atoms with E-state index in [0.29, 0.717) is 0 Å². The Morgan fingerprint density at radius 2 is 2.00 bits per heavy atom. The van der Waals surface area contributed by atoms with Crippen LogP contribution in [0.3, 0.4) is 0 Å². The third kappa shape index (κ3) is 3.69. The molecule has 5 nitrogen and oxygen atoms in total. The van der Waals surface area contributed by atoms with Gasteiger partial charge in [-0.25, -0.2) is 9.25 Å². The van der Waals surface area contributed by atoms with Gasteiger partial charge >= 0.3 is 0 Å². The summed E-state index contributed by atoms with van der Waals surface area (Å²) in [5.41, 5.74) is 0. The lowest BCUT2D eigenvalue weighted by molar-refractivity contribution is -0.696. The summed E-state index contributed by atoms with van der Waals surface area (Å²) in [7, 11) is 0. The number of halogens is 1. The summed E-state index contributed by atoms with van der Waals surface area (Å²) in [6, 6.07) is 7.83. The van der Waals surface area contributed by atoms with Gasteiger partial charge in [-0.2, -0.15) is 14.6 Å². The molecule has 0 saturated carbocycles. The first-order valence-corrected chi connectivity index (χ1v) is 6.91. The Kier molecular flexibility index (Phi) is 5.49. The molecular weight excluding hydrogens is 377 g/mol. The zero-order chi connectivity index (χ0) is 13.8. The molecule has 3 aromatic heterocycles. The summed E-state index contributed by atoms with van der Waals surface area (Å²) < 4.78 is 5.98. The molecule has 0 saturated heterocycles. The van der Waals surface area contributed by atoms with Gasteiger partial charge in [0, 0.05) is 18.5 Å². The van der Waals surface area contributed by atoms with E-state index in [0.717, 1.165) is 18.2 Å². The second kappa shape index (κ2) is 7.35.